The van der Waals surface area contributed by atoms with E-state index in [0.717, 1.165) is 41.5 Å². The van der Waals surface area contributed by atoms with Crippen molar-refractivity contribution in [3.63, 3.8) is 0 Å². The molecule has 0 saturated carbocycles. The first kappa shape index (κ1) is 22.1. The predicted octanol–water partition coefficient (Wildman–Crippen LogP) is 4.08. The minimum atomic E-state index is -3.53. The third-order valence-electron chi connectivity index (χ3n) is 7.00. The van der Waals surface area contributed by atoms with Crippen molar-refractivity contribution < 1.29 is 8.42 Å². The lowest BCUT2D eigenvalue weighted by molar-refractivity contribution is 0.384. The molecule has 0 bridgehead atoms. The average Bonchev–Trinajstić information content (AvgIpc) is 2.92. The third-order valence-corrected chi connectivity index (χ3v) is 8.89. The van der Waals surface area contributed by atoms with Crippen LogP contribution in [-0.2, 0) is 22.9 Å². The maximum absolute atomic E-state index is 13.4. The molecule has 178 valence electrons. The number of aromatic nitrogens is 3. The molecule has 2 aliphatic rings. The van der Waals surface area contributed by atoms with Gasteiger partial charge in [-0.1, -0.05) is 18.2 Å². The first-order valence-electron chi connectivity index (χ1n) is 12.1. The SMILES string of the molecule is O=S(=O)(c1ccc2c(c1)CCCC2)N1CCN(c2nc(-c3cccnc3)nc3ccccc23)CC1. The van der Waals surface area contributed by atoms with Crippen molar-refractivity contribution in [2.24, 2.45) is 0 Å². The number of anilines is 1. The Bertz CT molecular complexity index is 1480. The van der Waals surface area contributed by atoms with E-state index < -0.39 is 10.0 Å². The van der Waals surface area contributed by atoms with E-state index in [1.54, 1.807) is 22.8 Å². The van der Waals surface area contributed by atoms with E-state index >= 15 is 0 Å². The highest BCUT2D eigenvalue weighted by atomic mass is 32.2. The van der Waals surface area contributed by atoms with Gasteiger partial charge >= 0.3 is 0 Å². The van der Waals surface area contributed by atoms with Crippen molar-refractivity contribution in [2.45, 2.75) is 30.6 Å². The summed E-state index contributed by atoms with van der Waals surface area (Å²) >= 11 is 0. The normalized spacial score (nSPS) is 16.9. The maximum Gasteiger partial charge on any atom is 0.243 e. The minimum Gasteiger partial charge on any atom is -0.353 e. The number of aryl methyl sites for hydroxylation is 2. The fourth-order valence-corrected chi connectivity index (χ4v) is 6.56. The maximum atomic E-state index is 13.4. The van der Waals surface area contributed by atoms with E-state index in [-0.39, 0.29) is 0 Å². The van der Waals surface area contributed by atoms with E-state index in [4.69, 9.17) is 9.97 Å². The number of hydrogen-bond acceptors (Lipinski definition) is 6. The molecule has 3 heterocycles. The zero-order valence-corrected chi connectivity index (χ0v) is 20.3. The number of hydrogen-bond donors (Lipinski definition) is 0. The summed E-state index contributed by atoms with van der Waals surface area (Å²) in [7, 11) is -3.53. The molecular formula is C27H27N5O2S. The number of sulfonamides is 1. The van der Waals surface area contributed by atoms with E-state index in [1.807, 2.05) is 48.5 Å². The van der Waals surface area contributed by atoms with Crippen LogP contribution in [0.25, 0.3) is 22.3 Å². The van der Waals surface area contributed by atoms with Crippen LogP contribution in [0.2, 0.25) is 0 Å². The summed E-state index contributed by atoms with van der Waals surface area (Å²) in [5, 5.41) is 0.964. The van der Waals surface area contributed by atoms with E-state index in [2.05, 4.69) is 9.88 Å². The molecule has 7 nitrogen and oxygen atoms in total. The van der Waals surface area contributed by atoms with Crippen molar-refractivity contribution in [2.75, 3.05) is 31.1 Å². The summed E-state index contributed by atoms with van der Waals surface area (Å²) < 4.78 is 28.5. The fraction of sp³-hybridized carbons (Fsp3) is 0.296. The molecule has 1 fully saturated rings. The molecule has 0 N–H and O–H groups in total. The van der Waals surface area contributed by atoms with Crippen LogP contribution >= 0.6 is 0 Å². The third kappa shape index (κ3) is 4.17. The van der Waals surface area contributed by atoms with Crippen LogP contribution in [0.4, 0.5) is 5.82 Å². The highest BCUT2D eigenvalue weighted by molar-refractivity contribution is 7.89. The second-order valence-corrected chi connectivity index (χ2v) is 11.1. The van der Waals surface area contributed by atoms with Gasteiger partial charge in [0.05, 0.1) is 10.4 Å². The molecule has 0 amide bonds. The van der Waals surface area contributed by atoms with Crippen LogP contribution in [0.15, 0.2) is 71.9 Å². The van der Waals surface area contributed by atoms with Crippen LogP contribution in [-0.4, -0.2) is 53.9 Å². The van der Waals surface area contributed by atoms with E-state index in [9.17, 15) is 8.42 Å². The fourth-order valence-electron chi connectivity index (χ4n) is 5.08. The Morgan fingerprint density at radius 2 is 1.60 bits per heavy atom. The Labute approximate surface area is 205 Å². The van der Waals surface area contributed by atoms with Gasteiger partial charge in [-0.25, -0.2) is 18.4 Å². The second kappa shape index (κ2) is 9.02. The lowest BCUT2D eigenvalue weighted by Gasteiger charge is -2.35. The van der Waals surface area contributed by atoms with Gasteiger partial charge in [-0.15, -0.1) is 0 Å². The Hall–Kier alpha value is -3.36. The van der Waals surface area contributed by atoms with Crippen LogP contribution in [0.1, 0.15) is 24.0 Å². The summed E-state index contributed by atoms with van der Waals surface area (Å²) in [5.41, 5.74) is 4.19. The molecule has 1 aliphatic carbocycles. The zero-order valence-electron chi connectivity index (χ0n) is 19.5. The van der Waals surface area contributed by atoms with Gasteiger partial charge in [0.15, 0.2) is 5.82 Å². The van der Waals surface area contributed by atoms with Gasteiger partial charge in [-0.3, -0.25) is 4.98 Å². The summed E-state index contributed by atoms with van der Waals surface area (Å²) in [4.78, 5) is 16.4. The van der Waals surface area contributed by atoms with Crippen molar-refractivity contribution in [1.29, 1.82) is 0 Å². The van der Waals surface area contributed by atoms with Crippen molar-refractivity contribution in [3.8, 4) is 11.4 Å². The molecule has 0 unspecified atom stereocenters. The molecule has 8 heteroatoms. The Morgan fingerprint density at radius 3 is 2.40 bits per heavy atom. The van der Waals surface area contributed by atoms with Crippen molar-refractivity contribution in [3.05, 3.63) is 78.1 Å². The molecular weight excluding hydrogens is 458 g/mol. The number of fused-ring (bicyclic) bond motifs is 2. The van der Waals surface area contributed by atoms with Crippen molar-refractivity contribution in [1.82, 2.24) is 19.3 Å². The largest absolute Gasteiger partial charge is 0.353 e. The van der Waals surface area contributed by atoms with Gasteiger partial charge < -0.3 is 4.90 Å². The topological polar surface area (TPSA) is 79.3 Å². The van der Waals surface area contributed by atoms with Crippen molar-refractivity contribution >= 4 is 26.7 Å². The van der Waals surface area contributed by atoms with E-state index in [1.165, 1.54) is 17.5 Å². The molecule has 0 atom stereocenters. The predicted molar refractivity (Wildman–Crippen MR) is 137 cm³/mol. The van der Waals surface area contributed by atoms with E-state index in [0.29, 0.717) is 36.9 Å². The lowest BCUT2D eigenvalue weighted by atomic mass is 9.92. The molecule has 0 radical (unpaired) electrons. The molecule has 2 aromatic carbocycles. The number of piperazine rings is 1. The van der Waals surface area contributed by atoms with Gasteiger partial charge in [0.2, 0.25) is 10.0 Å². The first-order chi connectivity index (χ1) is 17.1. The Kier molecular flexibility index (Phi) is 5.70. The first-order valence-corrected chi connectivity index (χ1v) is 13.6. The quantitative estimate of drug-likeness (QED) is 0.433. The number of pyridine rings is 1. The lowest BCUT2D eigenvalue weighted by Crippen LogP contribution is -2.49. The molecule has 1 aliphatic heterocycles. The highest BCUT2D eigenvalue weighted by Gasteiger charge is 2.30. The van der Waals surface area contributed by atoms with Crippen LogP contribution in [0.3, 0.4) is 0 Å². The molecule has 35 heavy (non-hydrogen) atoms. The zero-order chi connectivity index (χ0) is 23.8. The number of nitrogens with zero attached hydrogens (tertiary/aromatic N) is 5. The average molecular weight is 486 g/mol. The monoisotopic (exact) mass is 485 g/mol. The van der Waals surface area contributed by atoms with Gasteiger partial charge in [0.1, 0.15) is 5.82 Å². The molecule has 1 saturated heterocycles. The van der Waals surface area contributed by atoms with Gasteiger partial charge in [-0.05, 0) is 73.2 Å². The molecule has 0 spiro atoms. The summed E-state index contributed by atoms with van der Waals surface area (Å²) in [6.45, 7) is 1.97. The molecule has 6 rings (SSSR count). The van der Waals surface area contributed by atoms with Crippen LogP contribution < -0.4 is 4.90 Å². The second-order valence-electron chi connectivity index (χ2n) is 9.16. The number of rotatable bonds is 4. The standard InChI is InChI=1S/C27H27N5O2S/c33-35(34,23-12-11-20-6-1-2-7-21(20)18-23)32-16-14-31(15-17-32)27-24-9-3-4-10-25(24)29-26(30-27)22-8-5-13-28-19-22/h3-5,8-13,18-19H,1-2,6-7,14-17H2. The van der Waals surface area contributed by atoms with Crippen LogP contribution in [0, 0.1) is 0 Å². The molecule has 2 aromatic heterocycles. The smallest absolute Gasteiger partial charge is 0.243 e. The Morgan fingerprint density at radius 1 is 0.800 bits per heavy atom. The highest BCUT2D eigenvalue weighted by Crippen LogP contribution is 2.30. The number of para-hydroxylation sites is 1. The van der Waals surface area contributed by atoms with Gasteiger partial charge in [0, 0.05) is 49.5 Å². The van der Waals surface area contributed by atoms with Gasteiger partial charge in [0.25, 0.3) is 0 Å². The summed E-state index contributed by atoms with van der Waals surface area (Å²) in [5.74, 6) is 1.45. The van der Waals surface area contributed by atoms with Gasteiger partial charge in [-0.2, -0.15) is 4.31 Å². The molecule has 4 aromatic rings. The summed E-state index contributed by atoms with van der Waals surface area (Å²) in [6.07, 6.45) is 7.81. The minimum absolute atomic E-state index is 0.415. The summed E-state index contributed by atoms with van der Waals surface area (Å²) in [6, 6.07) is 17.5. The number of benzene rings is 2. The van der Waals surface area contributed by atoms with Crippen LogP contribution in [0.5, 0.6) is 0 Å². The Balaban J connectivity index is 1.27.